The van der Waals surface area contributed by atoms with Gasteiger partial charge in [0.2, 0.25) is 0 Å². The molecule has 0 heterocycles. The molecule has 0 atom stereocenters. The van der Waals surface area contributed by atoms with Gasteiger partial charge in [-0.15, -0.1) is 0 Å². The quantitative estimate of drug-likeness (QED) is 0.622. The first-order chi connectivity index (χ1) is 10.2. The summed E-state index contributed by atoms with van der Waals surface area (Å²) in [5.41, 5.74) is 17.1. The number of nitrogens with two attached hydrogens (primary N) is 2. The van der Waals surface area contributed by atoms with Gasteiger partial charge >= 0.3 is 0 Å². The molecule has 104 valence electrons. The Balaban J connectivity index is 2.13. The van der Waals surface area contributed by atoms with Crippen LogP contribution in [0.15, 0.2) is 66.7 Å². The Labute approximate surface area is 123 Å². The van der Waals surface area contributed by atoms with Crippen molar-refractivity contribution in [2.45, 2.75) is 0 Å². The number of hydrogen-bond acceptors (Lipinski definition) is 3. The van der Waals surface area contributed by atoms with Gasteiger partial charge in [0.1, 0.15) is 5.75 Å². The van der Waals surface area contributed by atoms with Crippen molar-refractivity contribution >= 4 is 11.4 Å². The van der Waals surface area contributed by atoms with Crippen molar-refractivity contribution in [1.82, 2.24) is 0 Å². The van der Waals surface area contributed by atoms with E-state index in [1.54, 1.807) is 18.2 Å². The van der Waals surface area contributed by atoms with E-state index in [1.807, 2.05) is 48.5 Å². The molecule has 0 amide bonds. The standard InChI is InChI=1S/C18H16N2O/c19-17-15(12-5-2-1-3-6-12)9-10-16(18(17)20)13-7-4-8-14(21)11-13/h1-11,21H,19-20H2. The molecular formula is C18H16N2O. The van der Waals surface area contributed by atoms with E-state index in [4.69, 9.17) is 11.5 Å². The minimum atomic E-state index is 0.206. The van der Waals surface area contributed by atoms with Crippen LogP contribution >= 0.6 is 0 Å². The third-order valence-electron chi connectivity index (χ3n) is 3.53. The average Bonchev–Trinajstić information content (AvgIpc) is 2.51. The van der Waals surface area contributed by atoms with Gasteiger partial charge in [-0.05, 0) is 23.3 Å². The fraction of sp³-hybridized carbons (Fsp3) is 0. The van der Waals surface area contributed by atoms with Crippen molar-refractivity contribution in [1.29, 1.82) is 0 Å². The van der Waals surface area contributed by atoms with E-state index in [9.17, 15) is 5.11 Å². The summed E-state index contributed by atoms with van der Waals surface area (Å²) in [5.74, 6) is 0.206. The molecule has 5 N–H and O–H groups in total. The van der Waals surface area contributed by atoms with Crippen LogP contribution in [-0.2, 0) is 0 Å². The maximum Gasteiger partial charge on any atom is 0.116 e. The third-order valence-corrected chi connectivity index (χ3v) is 3.53. The van der Waals surface area contributed by atoms with E-state index in [0.717, 1.165) is 22.3 Å². The molecule has 0 unspecified atom stereocenters. The van der Waals surface area contributed by atoms with Crippen LogP contribution in [0.25, 0.3) is 22.3 Å². The number of phenolic OH excluding ortho intramolecular Hbond substituents is 1. The highest BCUT2D eigenvalue weighted by atomic mass is 16.3. The molecule has 0 fully saturated rings. The summed E-state index contributed by atoms with van der Waals surface area (Å²) in [6, 6.07) is 20.8. The summed E-state index contributed by atoms with van der Waals surface area (Å²) in [6.45, 7) is 0. The van der Waals surface area contributed by atoms with E-state index in [1.165, 1.54) is 0 Å². The number of hydrogen-bond donors (Lipinski definition) is 3. The molecule has 3 nitrogen and oxygen atoms in total. The minimum absolute atomic E-state index is 0.206. The lowest BCUT2D eigenvalue weighted by Gasteiger charge is -2.13. The summed E-state index contributed by atoms with van der Waals surface area (Å²) in [4.78, 5) is 0. The van der Waals surface area contributed by atoms with E-state index >= 15 is 0 Å². The summed E-state index contributed by atoms with van der Waals surface area (Å²) < 4.78 is 0. The molecule has 3 aromatic rings. The van der Waals surface area contributed by atoms with Crippen LogP contribution in [0, 0.1) is 0 Å². The molecule has 3 aromatic carbocycles. The Kier molecular flexibility index (Phi) is 3.24. The van der Waals surface area contributed by atoms with E-state index < -0.39 is 0 Å². The van der Waals surface area contributed by atoms with Crippen LogP contribution in [0.4, 0.5) is 11.4 Å². The normalized spacial score (nSPS) is 10.5. The van der Waals surface area contributed by atoms with E-state index in [0.29, 0.717) is 11.4 Å². The zero-order valence-electron chi connectivity index (χ0n) is 11.5. The zero-order chi connectivity index (χ0) is 14.8. The van der Waals surface area contributed by atoms with Crippen molar-refractivity contribution in [3.05, 3.63) is 66.7 Å². The maximum absolute atomic E-state index is 9.60. The highest BCUT2D eigenvalue weighted by molar-refractivity contribution is 5.93. The molecule has 21 heavy (non-hydrogen) atoms. The maximum atomic E-state index is 9.60. The fourth-order valence-corrected chi connectivity index (χ4v) is 2.43. The molecule has 0 saturated carbocycles. The number of nitrogen functional groups attached to an aromatic ring is 2. The van der Waals surface area contributed by atoms with Gasteiger partial charge < -0.3 is 16.6 Å². The van der Waals surface area contributed by atoms with Crippen LogP contribution in [0.3, 0.4) is 0 Å². The Hall–Kier alpha value is -2.94. The van der Waals surface area contributed by atoms with Crippen LogP contribution in [-0.4, -0.2) is 5.11 Å². The number of aromatic hydroxyl groups is 1. The highest BCUT2D eigenvalue weighted by Crippen LogP contribution is 2.37. The summed E-state index contributed by atoms with van der Waals surface area (Å²) in [5, 5.41) is 9.60. The summed E-state index contributed by atoms with van der Waals surface area (Å²) in [6.07, 6.45) is 0. The number of anilines is 2. The van der Waals surface area contributed by atoms with E-state index in [2.05, 4.69) is 0 Å². The van der Waals surface area contributed by atoms with Gasteiger partial charge in [0.15, 0.2) is 0 Å². The molecular weight excluding hydrogens is 260 g/mol. The van der Waals surface area contributed by atoms with Gasteiger partial charge in [0, 0.05) is 11.1 Å². The SMILES string of the molecule is Nc1c(-c2ccccc2)ccc(-c2cccc(O)c2)c1N. The second kappa shape index (κ2) is 5.21. The topological polar surface area (TPSA) is 72.3 Å². The largest absolute Gasteiger partial charge is 0.508 e. The average molecular weight is 276 g/mol. The molecule has 0 bridgehead atoms. The molecule has 3 heteroatoms. The molecule has 0 aliphatic rings. The Morgan fingerprint density at radius 2 is 1.19 bits per heavy atom. The van der Waals surface area contributed by atoms with Gasteiger partial charge in [-0.3, -0.25) is 0 Å². The van der Waals surface area contributed by atoms with Crippen molar-refractivity contribution in [2.24, 2.45) is 0 Å². The van der Waals surface area contributed by atoms with Gasteiger partial charge in [-0.1, -0.05) is 54.6 Å². The molecule has 0 radical (unpaired) electrons. The van der Waals surface area contributed by atoms with Gasteiger partial charge in [0.25, 0.3) is 0 Å². The second-order valence-electron chi connectivity index (χ2n) is 4.90. The van der Waals surface area contributed by atoms with Crippen LogP contribution < -0.4 is 11.5 Å². The predicted octanol–water partition coefficient (Wildman–Crippen LogP) is 3.89. The number of rotatable bonds is 2. The number of phenols is 1. The zero-order valence-corrected chi connectivity index (χ0v) is 11.5. The first-order valence-electron chi connectivity index (χ1n) is 6.69. The first-order valence-corrected chi connectivity index (χ1v) is 6.69. The van der Waals surface area contributed by atoms with Gasteiger partial charge in [-0.25, -0.2) is 0 Å². The van der Waals surface area contributed by atoms with Crippen LogP contribution in [0.2, 0.25) is 0 Å². The Morgan fingerprint density at radius 3 is 1.81 bits per heavy atom. The minimum Gasteiger partial charge on any atom is -0.508 e. The summed E-state index contributed by atoms with van der Waals surface area (Å²) in [7, 11) is 0. The lowest BCUT2D eigenvalue weighted by molar-refractivity contribution is 0.475. The lowest BCUT2D eigenvalue weighted by Crippen LogP contribution is -1.99. The molecule has 0 aliphatic heterocycles. The van der Waals surface area contributed by atoms with Crippen molar-refractivity contribution in [3.63, 3.8) is 0 Å². The lowest BCUT2D eigenvalue weighted by atomic mass is 9.96. The molecule has 0 saturated heterocycles. The molecule has 0 aromatic heterocycles. The van der Waals surface area contributed by atoms with Crippen molar-refractivity contribution in [2.75, 3.05) is 11.5 Å². The molecule has 0 aliphatic carbocycles. The molecule has 0 spiro atoms. The van der Waals surface area contributed by atoms with Crippen molar-refractivity contribution in [3.8, 4) is 28.0 Å². The van der Waals surface area contributed by atoms with Gasteiger partial charge in [0.05, 0.1) is 11.4 Å². The van der Waals surface area contributed by atoms with Crippen LogP contribution in [0.1, 0.15) is 0 Å². The Bertz CT molecular complexity index is 782. The van der Waals surface area contributed by atoms with Gasteiger partial charge in [-0.2, -0.15) is 0 Å². The highest BCUT2D eigenvalue weighted by Gasteiger charge is 2.11. The predicted molar refractivity (Wildman–Crippen MR) is 87.8 cm³/mol. The van der Waals surface area contributed by atoms with E-state index in [-0.39, 0.29) is 5.75 Å². The molecule has 3 rings (SSSR count). The first kappa shape index (κ1) is 13.1. The second-order valence-corrected chi connectivity index (χ2v) is 4.90. The Morgan fingerprint density at radius 1 is 0.619 bits per heavy atom. The van der Waals surface area contributed by atoms with Crippen molar-refractivity contribution < 1.29 is 5.11 Å². The fourth-order valence-electron chi connectivity index (χ4n) is 2.43. The summed E-state index contributed by atoms with van der Waals surface area (Å²) >= 11 is 0. The number of benzene rings is 3. The third kappa shape index (κ3) is 2.41. The smallest absolute Gasteiger partial charge is 0.116 e. The van der Waals surface area contributed by atoms with Crippen LogP contribution in [0.5, 0.6) is 5.75 Å². The monoisotopic (exact) mass is 276 g/mol.